The van der Waals surface area contributed by atoms with Gasteiger partial charge in [-0.05, 0) is 0 Å². The number of amides is 4. The summed E-state index contributed by atoms with van der Waals surface area (Å²) in [6, 6.07) is -5.17. The Bertz CT molecular complexity index is 801. The van der Waals surface area contributed by atoms with Crippen LogP contribution in [-0.2, 0) is 43.3 Å². The second kappa shape index (κ2) is 14.5. The van der Waals surface area contributed by atoms with Crippen molar-refractivity contribution in [2.24, 2.45) is 11.5 Å². The fraction of sp³-hybridized carbons (Fsp3) is 0.632. The standard InChI is InChI=1S/C19H31N6O7S.Mo/c1-3-4-12-15(19(31)32)33-8-11(20)17(29)25-13(7-26)18(30)23-9(2)16(28)24-10(6-22-12)5-14(21)27;/h3,9-13,15,22,26H,4-5,7-8,20H2,1-2H3,(H2,21,27)(H,23,30)(H,24,28)(H,25,29)(H,31,32);/q-1;/t9-,10-,11-,12+,13?,15?;/m0./s1. The fourth-order valence-corrected chi connectivity index (χ4v) is 4.84. The zero-order chi connectivity index (χ0) is 26.0. The minimum absolute atomic E-state index is 0.0812. The molecule has 10 N–H and O–H groups in total. The van der Waals surface area contributed by atoms with Crippen molar-refractivity contribution in [1.82, 2.24) is 21.3 Å². The number of carbonyl (C=O) groups excluding carboxylic acids is 4. The molecule has 0 radical (unpaired) electrons. The van der Waals surface area contributed by atoms with Crippen LogP contribution < -0.4 is 32.7 Å². The summed E-state index contributed by atoms with van der Waals surface area (Å²) in [5.74, 6) is -4.16. The van der Waals surface area contributed by atoms with E-state index in [9.17, 15) is 34.2 Å². The molecule has 1 aliphatic heterocycles. The van der Waals surface area contributed by atoms with E-state index in [4.69, 9.17) is 11.5 Å². The summed E-state index contributed by atoms with van der Waals surface area (Å²) in [5.41, 5.74) is 11.2. The first-order valence-corrected chi connectivity index (χ1v) is 12.4. The second-order valence-electron chi connectivity index (χ2n) is 7.66. The molecule has 1 fully saturated rings. The Morgan fingerprint density at radius 2 is 1.74 bits per heavy atom. The van der Waals surface area contributed by atoms with E-state index in [2.05, 4.69) is 21.3 Å². The first kappa shape index (κ1) is 30.2. The van der Waals surface area contributed by atoms with Crippen LogP contribution >= 0.6 is 11.8 Å². The van der Waals surface area contributed by atoms with Crippen molar-refractivity contribution in [1.29, 1.82) is 0 Å². The zero-order valence-electron chi connectivity index (χ0n) is 18.8. The number of primary amides is 1. The van der Waals surface area contributed by atoms with Gasteiger partial charge < -0.3 is 0 Å². The number of carboxylic acids is 1. The number of hydrogen-bond acceptors (Lipinski definition) is 9. The number of thioether (sulfide) groups is 1. The third-order valence-electron chi connectivity index (χ3n) is 4.82. The van der Waals surface area contributed by atoms with E-state index in [-0.39, 0.29) is 12.2 Å². The van der Waals surface area contributed by atoms with Crippen molar-refractivity contribution < 1.29 is 53.5 Å². The van der Waals surface area contributed by atoms with Gasteiger partial charge in [-0.25, -0.2) is 0 Å². The Morgan fingerprint density at radius 1 is 1.12 bits per heavy atom. The quantitative estimate of drug-likeness (QED) is 0.112. The van der Waals surface area contributed by atoms with Gasteiger partial charge in [-0.1, -0.05) is 0 Å². The van der Waals surface area contributed by atoms with E-state index in [1.54, 1.807) is 13.3 Å². The van der Waals surface area contributed by atoms with Crippen molar-refractivity contribution in [2.75, 3.05) is 12.4 Å². The molecule has 0 aromatic heterocycles. The molecule has 2 unspecified atom stereocenters. The summed E-state index contributed by atoms with van der Waals surface area (Å²) in [6.07, 6.45) is 1.82. The normalized spacial score (nSPS) is 30.1. The van der Waals surface area contributed by atoms with Crippen molar-refractivity contribution in [3.05, 3.63) is 6.42 Å². The minimum atomic E-state index is -1.37. The molecule has 15 heteroatoms. The average Bonchev–Trinajstić information content (AvgIpc) is 2.75. The van der Waals surface area contributed by atoms with Gasteiger partial charge in [0, 0.05) is 0 Å². The van der Waals surface area contributed by atoms with Gasteiger partial charge in [-0.15, -0.1) is 0 Å². The summed E-state index contributed by atoms with van der Waals surface area (Å²) in [5, 5.41) is 28.7. The topological polar surface area (TPSA) is 226 Å². The molecule has 34 heavy (non-hydrogen) atoms. The summed E-state index contributed by atoms with van der Waals surface area (Å²) in [4.78, 5) is 61.2. The molecule has 0 aromatic rings. The second-order valence-corrected chi connectivity index (χ2v) is 9.92. The predicted octanol–water partition coefficient (Wildman–Crippen LogP) is -3.90. The molecule has 0 aromatic carbocycles. The number of carbonyl (C=O) groups is 5. The number of nitrogens with two attached hydrogens (primary N) is 2. The van der Waals surface area contributed by atoms with Crippen LogP contribution in [-0.4, -0.2) is 91.7 Å². The SMILES string of the molecule is C[CH-]C[C@H]1N[C](=[Mo])[C@H](CC(N)=O)NC(=O)[C@H](C)NC(=O)C(CO)NC(=O)[C@@H](N)CSC1C(=O)O. The van der Waals surface area contributed by atoms with Crippen LogP contribution in [0.4, 0.5) is 0 Å². The van der Waals surface area contributed by atoms with Crippen molar-refractivity contribution in [2.45, 2.75) is 62.1 Å². The van der Waals surface area contributed by atoms with Crippen molar-refractivity contribution >= 4 is 45.4 Å². The molecule has 1 saturated heterocycles. The van der Waals surface area contributed by atoms with Gasteiger partial charge in [-0.2, -0.15) is 0 Å². The number of rotatable bonds is 6. The van der Waals surface area contributed by atoms with Crippen molar-refractivity contribution in [3.63, 3.8) is 0 Å². The number of hydrogen-bond donors (Lipinski definition) is 8. The van der Waals surface area contributed by atoms with Gasteiger partial charge in [-0.3, -0.25) is 0 Å². The number of nitrogens with one attached hydrogen (secondary N) is 4. The van der Waals surface area contributed by atoms with Crippen LogP contribution in [0.2, 0.25) is 0 Å². The number of aliphatic hydroxyl groups is 1. The number of aliphatic hydroxyl groups excluding tert-OH is 1. The predicted molar refractivity (Wildman–Crippen MR) is 121 cm³/mol. The molecule has 192 valence electrons. The molecule has 1 rings (SSSR count). The number of carboxylic acid groups (broad SMARTS) is 1. The third kappa shape index (κ3) is 9.41. The van der Waals surface area contributed by atoms with E-state index in [1.807, 2.05) is 0 Å². The molecule has 6 atom stereocenters. The maximum absolute atomic E-state index is 12.7. The first-order chi connectivity index (χ1) is 15.9. The molecule has 0 aliphatic carbocycles. The van der Waals surface area contributed by atoms with Crippen LogP contribution in [0, 0.1) is 6.42 Å². The number of aliphatic carboxylic acids is 1. The van der Waals surface area contributed by atoms with Gasteiger partial charge in [0.25, 0.3) is 0 Å². The molecule has 0 spiro atoms. The van der Waals surface area contributed by atoms with Crippen molar-refractivity contribution in [3.8, 4) is 0 Å². The summed E-state index contributed by atoms with van der Waals surface area (Å²) in [7, 11) is 0. The molecule has 4 amide bonds. The van der Waals surface area contributed by atoms with E-state index >= 15 is 0 Å². The van der Waals surface area contributed by atoms with Crippen LogP contribution in [0.3, 0.4) is 0 Å². The van der Waals surface area contributed by atoms with Crippen LogP contribution in [0.5, 0.6) is 0 Å². The first-order valence-electron chi connectivity index (χ1n) is 10.4. The maximum atomic E-state index is 12.7. The zero-order valence-corrected chi connectivity index (χ0v) is 21.6. The molecule has 0 saturated carbocycles. The van der Waals surface area contributed by atoms with Gasteiger partial charge in [0.1, 0.15) is 0 Å². The van der Waals surface area contributed by atoms with E-state index in [0.29, 0.717) is 10.4 Å². The van der Waals surface area contributed by atoms with E-state index in [1.165, 1.54) is 26.3 Å². The molecule has 13 nitrogen and oxygen atoms in total. The molecular weight excluding hydrogens is 552 g/mol. The van der Waals surface area contributed by atoms with Crippen LogP contribution in [0.1, 0.15) is 26.7 Å². The Hall–Kier alpha value is -1.86. The Labute approximate surface area is 212 Å². The average molecular weight is 583 g/mol. The third-order valence-corrected chi connectivity index (χ3v) is 7.25. The van der Waals surface area contributed by atoms with E-state index in [0.717, 1.165) is 11.8 Å². The summed E-state index contributed by atoms with van der Waals surface area (Å²) >= 11 is 2.43. The Balaban J connectivity index is 3.34. The van der Waals surface area contributed by atoms with Crippen LogP contribution in [0.15, 0.2) is 0 Å². The molecule has 1 heterocycles. The monoisotopic (exact) mass is 585 g/mol. The van der Waals surface area contributed by atoms with E-state index < -0.39 is 71.7 Å². The Kier molecular flexibility index (Phi) is 12.9. The summed E-state index contributed by atoms with van der Waals surface area (Å²) in [6.45, 7) is 2.39. The summed E-state index contributed by atoms with van der Waals surface area (Å²) < 4.78 is 0.405. The van der Waals surface area contributed by atoms with Gasteiger partial charge in [0.15, 0.2) is 0 Å². The fourth-order valence-electron chi connectivity index (χ4n) is 3.00. The Morgan fingerprint density at radius 3 is 2.26 bits per heavy atom. The van der Waals surface area contributed by atoms with Gasteiger partial charge in [0.2, 0.25) is 0 Å². The van der Waals surface area contributed by atoms with Crippen LogP contribution in [0.25, 0.3) is 0 Å². The van der Waals surface area contributed by atoms with Gasteiger partial charge in [0.05, 0.1) is 0 Å². The molecule has 1 aliphatic rings. The molecular formula is C19H31MoN6O7S-. The molecule has 0 bridgehead atoms. The van der Waals surface area contributed by atoms with Gasteiger partial charge >= 0.3 is 213 Å².